The summed E-state index contributed by atoms with van der Waals surface area (Å²) in [5.74, 6) is 2.60. The molecule has 1 aliphatic carbocycles. The highest BCUT2D eigenvalue weighted by atomic mass is 16.7. The van der Waals surface area contributed by atoms with Crippen LogP contribution in [0.3, 0.4) is 0 Å². The van der Waals surface area contributed by atoms with Crippen molar-refractivity contribution >= 4 is 5.91 Å². The fourth-order valence-electron chi connectivity index (χ4n) is 4.57. The van der Waals surface area contributed by atoms with Crippen LogP contribution in [-0.2, 0) is 24.2 Å². The molecule has 0 radical (unpaired) electrons. The number of fused-ring (bicyclic) bond motifs is 2. The highest BCUT2D eigenvalue weighted by Gasteiger charge is 2.23. The maximum Gasteiger partial charge on any atom is 0.260 e. The summed E-state index contributed by atoms with van der Waals surface area (Å²) in [5.41, 5.74) is 3.88. The van der Waals surface area contributed by atoms with Crippen molar-refractivity contribution in [2.75, 3.05) is 39.6 Å². The zero-order chi connectivity index (χ0) is 20.3. The number of carbonyl (C=O) groups is 1. The van der Waals surface area contributed by atoms with E-state index in [1.54, 1.807) is 0 Å². The Morgan fingerprint density at radius 1 is 0.967 bits per heavy atom. The summed E-state index contributed by atoms with van der Waals surface area (Å²) < 4.78 is 16.8. The zero-order valence-corrected chi connectivity index (χ0v) is 17.3. The number of rotatable bonds is 5. The summed E-state index contributed by atoms with van der Waals surface area (Å²) in [6.07, 6.45) is 4.61. The second-order valence-electron chi connectivity index (χ2n) is 8.23. The van der Waals surface area contributed by atoms with Crippen LogP contribution >= 0.6 is 0 Å². The van der Waals surface area contributed by atoms with E-state index in [-0.39, 0.29) is 12.5 Å². The molecule has 2 heterocycles. The van der Waals surface area contributed by atoms with Gasteiger partial charge in [0.15, 0.2) is 18.1 Å². The Bertz CT molecular complexity index is 921. The molecule has 5 rings (SSSR count). The van der Waals surface area contributed by atoms with Crippen LogP contribution in [0.1, 0.15) is 29.5 Å². The smallest absolute Gasteiger partial charge is 0.260 e. The molecule has 2 aliphatic heterocycles. The molecule has 0 aromatic heterocycles. The van der Waals surface area contributed by atoms with Gasteiger partial charge in [0.1, 0.15) is 5.75 Å². The van der Waals surface area contributed by atoms with Gasteiger partial charge in [-0.05, 0) is 60.6 Å². The fraction of sp³-hybridized carbons (Fsp3) is 0.458. The number of benzene rings is 2. The first-order chi connectivity index (χ1) is 14.8. The highest BCUT2D eigenvalue weighted by Crippen LogP contribution is 2.33. The van der Waals surface area contributed by atoms with E-state index < -0.39 is 0 Å². The monoisotopic (exact) mass is 408 g/mol. The molecule has 0 atom stereocenters. The lowest BCUT2D eigenvalue weighted by molar-refractivity contribution is -0.135. The fourth-order valence-corrected chi connectivity index (χ4v) is 4.57. The number of aryl methyl sites for hydroxylation is 1. The van der Waals surface area contributed by atoms with Gasteiger partial charge in [-0.3, -0.25) is 9.69 Å². The Hall–Kier alpha value is -2.73. The van der Waals surface area contributed by atoms with Crippen molar-refractivity contribution in [1.82, 2.24) is 9.80 Å². The molecule has 2 aromatic rings. The SMILES string of the molecule is O=C(COc1cccc2c1CCCC2)N1CCN(Cc2ccc3c(c2)OCO3)CC1. The van der Waals surface area contributed by atoms with E-state index in [1.807, 2.05) is 29.2 Å². The van der Waals surface area contributed by atoms with Crippen LogP contribution in [-0.4, -0.2) is 55.3 Å². The van der Waals surface area contributed by atoms with Gasteiger partial charge in [-0.2, -0.15) is 0 Å². The van der Waals surface area contributed by atoms with E-state index in [4.69, 9.17) is 14.2 Å². The van der Waals surface area contributed by atoms with Gasteiger partial charge in [0, 0.05) is 32.7 Å². The van der Waals surface area contributed by atoms with E-state index in [9.17, 15) is 4.79 Å². The van der Waals surface area contributed by atoms with Crippen molar-refractivity contribution in [3.63, 3.8) is 0 Å². The molecular weight excluding hydrogens is 380 g/mol. The first-order valence-corrected chi connectivity index (χ1v) is 10.9. The van der Waals surface area contributed by atoms with Crippen molar-refractivity contribution in [3.05, 3.63) is 53.1 Å². The minimum absolute atomic E-state index is 0.0751. The average molecular weight is 408 g/mol. The largest absolute Gasteiger partial charge is 0.483 e. The number of piperazine rings is 1. The summed E-state index contributed by atoms with van der Waals surface area (Å²) in [7, 11) is 0. The van der Waals surface area contributed by atoms with Crippen molar-refractivity contribution in [2.24, 2.45) is 0 Å². The van der Waals surface area contributed by atoms with Crippen LogP contribution in [0.4, 0.5) is 0 Å². The molecule has 6 heteroatoms. The van der Waals surface area contributed by atoms with Crippen molar-refractivity contribution in [1.29, 1.82) is 0 Å². The van der Waals surface area contributed by atoms with Gasteiger partial charge in [0.05, 0.1) is 0 Å². The van der Waals surface area contributed by atoms with Crippen LogP contribution < -0.4 is 14.2 Å². The van der Waals surface area contributed by atoms with Crippen molar-refractivity contribution in [2.45, 2.75) is 32.2 Å². The number of ether oxygens (including phenoxy) is 3. The second-order valence-corrected chi connectivity index (χ2v) is 8.23. The van der Waals surface area contributed by atoms with E-state index in [0.717, 1.165) is 62.8 Å². The molecule has 0 saturated carbocycles. The summed E-state index contributed by atoms with van der Waals surface area (Å²) in [4.78, 5) is 17.0. The van der Waals surface area contributed by atoms with Crippen LogP contribution in [0.2, 0.25) is 0 Å². The van der Waals surface area contributed by atoms with Crippen molar-refractivity contribution < 1.29 is 19.0 Å². The van der Waals surface area contributed by atoms with E-state index >= 15 is 0 Å². The standard InChI is InChI=1S/C24H28N2O4/c27-24(16-28-21-7-3-5-19-4-1-2-6-20(19)21)26-12-10-25(11-13-26)15-18-8-9-22-23(14-18)30-17-29-22/h3,5,7-9,14H,1-2,4,6,10-13,15-17H2. The quantitative estimate of drug-likeness (QED) is 0.761. The van der Waals surface area contributed by atoms with Gasteiger partial charge in [-0.1, -0.05) is 18.2 Å². The maximum atomic E-state index is 12.7. The minimum Gasteiger partial charge on any atom is -0.483 e. The molecule has 30 heavy (non-hydrogen) atoms. The predicted molar refractivity (Wildman–Crippen MR) is 113 cm³/mol. The molecule has 158 valence electrons. The second kappa shape index (κ2) is 8.56. The molecule has 0 N–H and O–H groups in total. The van der Waals surface area contributed by atoms with E-state index in [0.29, 0.717) is 6.79 Å². The lowest BCUT2D eigenvalue weighted by atomic mass is 9.91. The molecule has 0 unspecified atom stereocenters. The van der Waals surface area contributed by atoms with Gasteiger partial charge in [0.25, 0.3) is 5.91 Å². The van der Waals surface area contributed by atoms with E-state index in [2.05, 4.69) is 17.0 Å². The normalized spacial score (nSPS) is 18.2. The Morgan fingerprint density at radius 2 is 1.80 bits per heavy atom. The first kappa shape index (κ1) is 19.2. The lowest BCUT2D eigenvalue weighted by Gasteiger charge is -2.34. The molecule has 3 aliphatic rings. The third-order valence-corrected chi connectivity index (χ3v) is 6.27. The molecule has 2 aromatic carbocycles. The van der Waals surface area contributed by atoms with Gasteiger partial charge in [0.2, 0.25) is 6.79 Å². The number of hydrogen-bond acceptors (Lipinski definition) is 5. The van der Waals surface area contributed by atoms with Crippen LogP contribution in [0.15, 0.2) is 36.4 Å². The summed E-state index contributed by atoms with van der Waals surface area (Å²) in [5, 5.41) is 0. The number of carbonyl (C=O) groups excluding carboxylic acids is 1. The summed E-state index contributed by atoms with van der Waals surface area (Å²) in [6, 6.07) is 12.3. The van der Waals surface area contributed by atoms with Gasteiger partial charge in [-0.25, -0.2) is 0 Å². The predicted octanol–water partition coefficient (Wildman–Crippen LogP) is 3.02. The highest BCUT2D eigenvalue weighted by molar-refractivity contribution is 5.78. The molecule has 1 amide bonds. The minimum atomic E-state index is 0.0751. The number of nitrogens with zero attached hydrogens (tertiary/aromatic N) is 2. The molecule has 1 saturated heterocycles. The van der Waals surface area contributed by atoms with Crippen LogP contribution in [0, 0.1) is 0 Å². The molecule has 0 spiro atoms. The molecule has 6 nitrogen and oxygen atoms in total. The Morgan fingerprint density at radius 3 is 2.70 bits per heavy atom. The third kappa shape index (κ3) is 4.10. The van der Waals surface area contributed by atoms with Gasteiger partial charge in [-0.15, -0.1) is 0 Å². The first-order valence-electron chi connectivity index (χ1n) is 10.9. The lowest BCUT2D eigenvalue weighted by Crippen LogP contribution is -2.49. The summed E-state index contributed by atoms with van der Waals surface area (Å²) >= 11 is 0. The number of amides is 1. The zero-order valence-electron chi connectivity index (χ0n) is 17.3. The molecular formula is C24H28N2O4. The third-order valence-electron chi connectivity index (χ3n) is 6.27. The van der Waals surface area contributed by atoms with Crippen LogP contribution in [0.5, 0.6) is 17.2 Å². The Labute approximate surface area is 177 Å². The average Bonchev–Trinajstić information content (AvgIpc) is 3.26. The number of hydrogen-bond donors (Lipinski definition) is 0. The van der Waals surface area contributed by atoms with E-state index in [1.165, 1.54) is 29.5 Å². The van der Waals surface area contributed by atoms with Gasteiger partial charge >= 0.3 is 0 Å². The molecule has 1 fully saturated rings. The van der Waals surface area contributed by atoms with Gasteiger partial charge < -0.3 is 19.1 Å². The summed E-state index contributed by atoms with van der Waals surface area (Å²) in [6.45, 7) is 4.47. The Balaban J connectivity index is 1.11. The molecule has 0 bridgehead atoms. The topological polar surface area (TPSA) is 51.2 Å². The Kier molecular flexibility index (Phi) is 5.49. The van der Waals surface area contributed by atoms with Crippen LogP contribution in [0.25, 0.3) is 0 Å². The van der Waals surface area contributed by atoms with Crippen molar-refractivity contribution in [3.8, 4) is 17.2 Å². The maximum absolute atomic E-state index is 12.7.